The number of methoxy groups -OCH3 is 1. The Labute approximate surface area is 234 Å². The number of nitrogens with zero attached hydrogens (tertiary/aromatic N) is 2. The van der Waals surface area contributed by atoms with Crippen LogP contribution in [-0.2, 0) is 0 Å². The van der Waals surface area contributed by atoms with Gasteiger partial charge in [-0.3, -0.25) is 4.99 Å². The van der Waals surface area contributed by atoms with E-state index in [1.807, 2.05) is 24.3 Å². The van der Waals surface area contributed by atoms with Gasteiger partial charge < -0.3 is 9.64 Å². The van der Waals surface area contributed by atoms with Crippen molar-refractivity contribution in [3.63, 3.8) is 0 Å². The van der Waals surface area contributed by atoms with Gasteiger partial charge in [0.1, 0.15) is 5.75 Å². The minimum Gasteiger partial charge on any atom is -0.497 e. The summed E-state index contributed by atoms with van der Waals surface area (Å²) in [7, 11) is 3.83. The monoisotopic (exact) mass is 546 g/mol. The van der Waals surface area contributed by atoms with Gasteiger partial charge in [0, 0.05) is 39.7 Å². The summed E-state index contributed by atoms with van der Waals surface area (Å²) in [5.41, 5.74) is 6.78. The highest BCUT2D eigenvalue weighted by Crippen LogP contribution is 2.33. The van der Waals surface area contributed by atoms with E-state index in [-0.39, 0.29) is 12.4 Å². The van der Waals surface area contributed by atoms with E-state index < -0.39 is 0 Å². The molecule has 1 heterocycles. The number of benzene rings is 4. The maximum Gasteiger partial charge on any atom is 0.119 e. The summed E-state index contributed by atoms with van der Waals surface area (Å²) in [6, 6.07) is 31.2. The van der Waals surface area contributed by atoms with Crippen molar-refractivity contribution in [2.75, 3.05) is 32.1 Å². The summed E-state index contributed by atoms with van der Waals surface area (Å²) < 4.78 is 5.43. The number of hydrogen-bond donors (Lipinski definition) is 0. The lowest BCUT2D eigenvalue weighted by molar-refractivity contribution is 0.415. The Morgan fingerprint density at radius 2 is 1.68 bits per heavy atom. The third-order valence-corrected chi connectivity index (χ3v) is 7.54. The number of halogens is 2. The molecular weight excluding hydrogens is 519 g/mol. The van der Waals surface area contributed by atoms with Crippen LogP contribution in [0.1, 0.15) is 11.1 Å². The van der Waals surface area contributed by atoms with Crippen LogP contribution in [-0.4, -0.2) is 33.0 Å². The Morgan fingerprint density at radius 3 is 2.49 bits per heavy atom. The van der Waals surface area contributed by atoms with E-state index in [9.17, 15) is 0 Å². The van der Waals surface area contributed by atoms with Crippen LogP contribution in [0.4, 0.5) is 5.69 Å². The first kappa shape index (κ1) is 26.9. The van der Waals surface area contributed by atoms with Crippen LogP contribution >= 0.6 is 35.8 Å². The van der Waals surface area contributed by atoms with Crippen molar-refractivity contribution in [1.29, 1.82) is 0 Å². The Hall–Kier alpha value is -3.18. The van der Waals surface area contributed by atoms with Crippen LogP contribution < -0.4 is 9.64 Å². The molecule has 6 heteroatoms. The van der Waals surface area contributed by atoms with Crippen LogP contribution in [0.15, 0.2) is 112 Å². The summed E-state index contributed by atoms with van der Waals surface area (Å²) in [5, 5.41) is 0.747. The van der Waals surface area contributed by atoms with Crippen molar-refractivity contribution in [3.8, 4) is 16.9 Å². The molecule has 1 aliphatic heterocycles. The minimum absolute atomic E-state index is 0. The Kier molecular flexibility index (Phi) is 8.99. The highest BCUT2D eigenvalue weighted by atomic mass is 35.5. The molecule has 0 unspecified atom stereocenters. The van der Waals surface area contributed by atoms with Crippen molar-refractivity contribution in [1.82, 2.24) is 0 Å². The predicted molar refractivity (Wildman–Crippen MR) is 161 cm³/mol. The summed E-state index contributed by atoms with van der Waals surface area (Å²) in [5.74, 6) is 0.858. The molecule has 0 aromatic heterocycles. The number of benzodiazepines with no additional fused rings is 1. The second-order valence-corrected chi connectivity index (χ2v) is 10.1. The van der Waals surface area contributed by atoms with Crippen molar-refractivity contribution in [2.24, 2.45) is 4.99 Å². The fourth-order valence-electron chi connectivity index (χ4n) is 4.22. The fourth-order valence-corrected chi connectivity index (χ4v) is 5.28. The third kappa shape index (κ3) is 6.40. The molecule has 0 bridgehead atoms. The van der Waals surface area contributed by atoms with Crippen molar-refractivity contribution >= 4 is 53.2 Å². The van der Waals surface area contributed by atoms with Gasteiger partial charge in [0.05, 0.1) is 19.4 Å². The average molecular weight is 548 g/mol. The van der Waals surface area contributed by atoms with E-state index in [1.165, 1.54) is 10.6 Å². The molecule has 4 aromatic carbocycles. The lowest BCUT2D eigenvalue weighted by atomic mass is 9.99. The number of ether oxygens (including phenoxy) is 1. The summed E-state index contributed by atoms with van der Waals surface area (Å²) in [6.45, 7) is 1.62. The lowest BCUT2D eigenvalue weighted by Crippen LogP contribution is -2.20. The second kappa shape index (κ2) is 12.4. The molecule has 0 N–H and O–H groups in total. The summed E-state index contributed by atoms with van der Waals surface area (Å²) >= 11 is 7.80. The number of rotatable bonds is 6. The van der Waals surface area contributed by atoms with Crippen molar-refractivity contribution in [2.45, 2.75) is 9.79 Å². The molecule has 188 valence electrons. The van der Waals surface area contributed by atoms with E-state index >= 15 is 0 Å². The second-order valence-electron chi connectivity index (χ2n) is 8.58. The number of anilines is 1. The van der Waals surface area contributed by atoms with Gasteiger partial charge in [-0.25, -0.2) is 0 Å². The van der Waals surface area contributed by atoms with Gasteiger partial charge in [0.15, 0.2) is 0 Å². The Bertz CT molecular complexity index is 1430. The summed E-state index contributed by atoms with van der Waals surface area (Å²) in [4.78, 5) is 9.56. The molecular formula is C31H28Cl2N2OS. The van der Waals surface area contributed by atoms with Crippen LogP contribution in [0.3, 0.4) is 0 Å². The first-order valence-corrected chi connectivity index (χ1v) is 13.0. The third-order valence-electron chi connectivity index (χ3n) is 6.19. The quantitative estimate of drug-likeness (QED) is 0.242. The lowest BCUT2D eigenvalue weighted by Gasteiger charge is -2.20. The topological polar surface area (TPSA) is 24.8 Å². The van der Waals surface area contributed by atoms with Gasteiger partial charge in [-0.15, -0.1) is 12.4 Å². The molecule has 5 rings (SSSR count). The summed E-state index contributed by atoms with van der Waals surface area (Å²) in [6.07, 6.45) is 4.31. The normalized spacial score (nSPS) is 12.9. The zero-order valence-corrected chi connectivity index (χ0v) is 23.1. The molecule has 0 amide bonds. The number of allylic oxidation sites excluding steroid dienone is 1. The molecule has 0 saturated heterocycles. The molecule has 37 heavy (non-hydrogen) atoms. The molecule has 0 atom stereocenters. The fraction of sp³-hybridized carbons (Fsp3) is 0.129. The molecule has 3 nitrogen and oxygen atoms in total. The van der Waals surface area contributed by atoms with E-state index in [0.29, 0.717) is 0 Å². The number of hydrogen-bond acceptors (Lipinski definition) is 4. The molecule has 0 fully saturated rings. The first-order chi connectivity index (χ1) is 17.6. The largest absolute Gasteiger partial charge is 0.497 e. The molecule has 0 saturated carbocycles. The van der Waals surface area contributed by atoms with E-state index in [0.717, 1.165) is 56.7 Å². The highest BCUT2D eigenvalue weighted by Gasteiger charge is 2.16. The first-order valence-electron chi connectivity index (χ1n) is 11.9. The smallest absolute Gasteiger partial charge is 0.119 e. The minimum atomic E-state index is 0. The maximum atomic E-state index is 6.06. The standard InChI is InChI=1S/C31H27ClN2OS.ClH/c1-34-19-18-33-29(28-16-10-24(21-30(28)34)23-7-5-8-26(20-23)35-2)17-11-22-6-3-4-9-31(22)36-27-14-12-25(32)13-15-27;/h3-17,20-21H,18-19H2,1-2H3;1H/b17-11+;. The van der Waals surface area contributed by atoms with Gasteiger partial charge in [0.25, 0.3) is 0 Å². The SMILES string of the molecule is COc1cccc(-c2ccc3c(c2)N(C)CCN=C3/C=C/c2ccccc2Sc2ccc(Cl)cc2)c1.Cl. The van der Waals surface area contributed by atoms with Gasteiger partial charge in [-0.2, -0.15) is 0 Å². The zero-order valence-electron chi connectivity index (χ0n) is 20.7. The van der Waals surface area contributed by atoms with Crippen molar-refractivity contribution < 1.29 is 4.74 Å². The van der Waals surface area contributed by atoms with Gasteiger partial charge >= 0.3 is 0 Å². The number of fused-ring (bicyclic) bond motifs is 1. The Balaban J connectivity index is 0.00000320. The van der Waals surface area contributed by atoms with Crippen LogP contribution in [0.5, 0.6) is 5.75 Å². The predicted octanol–water partition coefficient (Wildman–Crippen LogP) is 8.54. The highest BCUT2D eigenvalue weighted by molar-refractivity contribution is 7.99. The molecule has 0 radical (unpaired) electrons. The van der Waals surface area contributed by atoms with Crippen molar-refractivity contribution in [3.05, 3.63) is 113 Å². The van der Waals surface area contributed by atoms with E-state index in [1.54, 1.807) is 18.9 Å². The van der Waals surface area contributed by atoms with E-state index in [2.05, 4.69) is 90.8 Å². The number of aliphatic imine (C=N–C) groups is 1. The van der Waals surface area contributed by atoms with Gasteiger partial charge in [-0.05, 0) is 71.3 Å². The molecule has 4 aromatic rings. The van der Waals surface area contributed by atoms with Gasteiger partial charge in [-0.1, -0.05) is 71.9 Å². The van der Waals surface area contributed by atoms with E-state index in [4.69, 9.17) is 21.3 Å². The molecule has 0 aliphatic carbocycles. The van der Waals surface area contributed by atoms with Crippen LogP contribution in [0.25, 0.3) is 17.2 Å². The molecule has 1 aliphatic rings. The number of likely N-dealkylation sites (N-methyl/N-ethyl adjacent to an activating group) is 1. The maximum absolute atomic E-state index is 6.06. The zero-order chi connectivity index (χ0) is 24.9. The Morgan fingerprint density at radius 1 is 0.892 bits per heavy atom. The molecule has 0 spiro atoms. The average Bonchev–Trinajstić information content (AvgIpc) is 3.07. The van der Waals surface area contributed by atoms with Gasteiger partial charge in [0.2, 0.25) is 0 Å². The van der Waals surface area contributed by atoms with Crippen LogP contribution in [0, 0.1) is 0 Å². The van der Waals surface area contributed by atoms with Crippen LogP contribution in [0.2, 0.25) is 5.02 Å².